The SMILES string of the molecule is CCNC(=NCC1(CC)CCC1)NCCCOCC1CC1. The van der Waals surface area contributed by atoms with Crippen LogP contribution in [0, 0.1) is 11.3 Å². The van der Waals surface area contributed by atoms with E-state index >= 15 is 0 Å². The zero-order valence-electron chi connectivity index (χ0n) is 13.9. The second-order valence-electron chi connectivity index (χ2n) is 6.70. The van der Waals surface area contributed by atoms with Gasteiger partial charge in [-0.15, -0.1) is 0 Å². The van der Waals surface area contributed by atoms with Crippen LogP contribution < -0.4 is 10.6 Å². The summed E-state index contributed by atoms with van der Waals surface area (Å²) in [6.45, 7) is 9.08. The van der Waals surface area contributed by atoms with Crippen molar-refractivity contribution in [2.24, 2.45) is 16.3 Å². The van der Waals surface area contributed by atoms with Gasteiger partial charge in [0.05, 0.1) is 0 Å². The Morgan fingerprint density at radius 2 is 2.05 bits per heavy atom. The van der Waals surface area contributed by atoms with Gasteiger partial charge < -0.3 is 15.4 Å². The molecule has 0 atom stereocenters. The summed E-state index contributed by atoms with van der Waals surface area (Å²) >= 11 is 0. The Morgan fingerprint density at radius 1 is 1.24 bits per heavy atom. The fourth-order valence-corrected chi connectivity index (χ4v) is 2.80. The molecule has 0 saturated heterocycles. The van der Waals surface area contributed by atoms with Crippen molar-refractivity contribution in [1.29, 1.82) is 0 Å². The van der Waals surface area contributed by atoms with E-state index in [0.29, 0.717) is 5.41 Å². The number of hydrogen-bond donors (Lipinski definition) is 2. The molecular formula is C17H33N3O. The van der Waals surface area contributed by atoms with Crippen LogP contribution in [0.3, 0.4) is 0 Å². The van der Waals surface area contributed by atoms with E-state index in [-0.39, 0.29) is 0 Å². The third-order valence-electron chi connectivity index (χ3n) is 4.89. The molecule has 0 unspecified atom stereocenters. The van der Waals surface area contributed by atoms with Gasteiger partial charge in [0.25, 0.3) is 0 Å². The summed E-state index contributed by atoms with van der Waals surface area (Å²) in [7, 11) is 0. The predicted molar refractivity (Wildman–Crippen MR) is 88.7 cm³/mol. The average Bonchev–Trinajstić information content (AvgIpc) is 3.25. The number of ether oxygens (including phenoxy) is 1. The first kappa shape index (κ1) is 16.6. The van der Waals surface area contributed by atoms with E-state index in [9.17, 15) is 0 Å². The lowest BCUT2D eigenvalue weighted by Gasteiger charge is -2.40. The van der Waals surface area contributed by atoms with Crippen molar-refractivity contribution in [2.45, 2.75) is 58.8 Å². The lowest BCUT2D eigenvalue weighted by Crippen LogP contribution is -2.40. The number of aliphatic imine (C=N–C) groups is 1. The predicted octanol–water partition coefficient (Wildman–Crippen LogP) is 2.94. The Hall–Kier alpha value is -0.770. The molecule has 0 aliphatic heterocycles. The van der Waals surface area contributed by atoms with Gasteiger partial charge in [0.1, 0.15) is 0 Å². The molecule has 0 bridgehead atoms. The molecule has 0 amide bonds. The van der Waals surface area contributed by atoms with Crippen molar-refractivity contribution >= 4 is 5.96 Å². The normalized spacial score (nSPS) is 21.0. The average molecular weight is 295 g/mol. The third kappa shape index (κ3) is 5.85. The second kappa shape index (κ2) is 8.62. The summed E-state index contributed by atoms with van der Waals surface area (Å²) < 4.78 is 5.66. The molecule has 0 spiro atoms. The van der Waals surface area contributed by atoms with Gasteiger partial charge in [-0.2, -0.15) is 0 Å². The van der Waals surface area contributed by atoms with Crippen LogP contribution in [-0.4, -0.2) is 38.8 Å². The molecule has 2 saturated carbocycles. The van der Waals surface area contributed by atoms with E-state index in [1.165, 1.54) is 38.5 Å². The minimum Gasteiger partial charge on any atom is -0.381 e. The van der Waals surface area contributed by atoms with Crippen molar-refractivity contribution < 1.29 is 4.74 Å². The Morgan fingerprint density at radius 3 is 2.62 bits per heavy atom. The minimum absolute atomic E-state index is 0.496. The molecule has 2 N–H and O–H groups in total. The summed E-state index contributed by atoms with van der Waals surface area (Å²) in [5.41, 5.74) is 0.496. The molecule has 2 aliphatic rings. The molecule has 21 heavy (non-hydrogen) atoms. The van der Waals surface area contributed by atoms with Crippen molar-refractivity contribution in [2.75, 3.05) is 32.8 Å². The zero-order valence-corrected chi connectivity index (χ0v) is 13.9. The highest BCUT2D eigenvalue weighted by Gasteiger charge is 2.34. The molecule has 122 valence electrons. The number of hydrogen-bond acceptors (Lipinski definition) is 2. The molecule has 0 radical (unpaired) electrons. The van der Waals surface area contributed by atoms with Crippen molar-refractivity contribution in [3.63, 3.8) is 0 Å². The number of nitrogens with one attached hydrogen (secondary N) is 2. The topological polar surface area (TPSA) is 45.7 Å². The second-order valence-corrected chi connectivity index (χ2v) is 6.70. The molecule has 0 heterocycles. The van der Waals surface area contributed by atoms with Crippen LogP contribution in [0.5, 0.6) is 0 Å². The van der Waals surface area contributed by atoms with Crippen LogP contribution in [0.4, 0.5) is 0 Å². The van der Waals surface area contributed by atoms with Gasteiger partial charge in [0, 0.05) is 32.8 Å². The molecule has 2 rings (SSSR count). The summed E-state index contributed by atoms with van der Waals surface area (Å²) in [6.07, 6.45) is 9.12. The first-order chi connectivity index (χ1) is 10.3. The highest BCUT2D eigenvalue weighted by Crippen LogP contribution is 2.43. The van der Waals surface area contributed by atoms with Gasteiger partial charge >= 0.3 is 0 Å². The zero-order chi connectivity index (χ0) is 15.0. The minimum atomic E-state index is 0.496. The quantitative estimate of drug-likeness (QED) is 0.370. The Balaban J connectivity index is 1.60. The van der Waals surface area contributed by atoms with Crippen LogP contribution >= 0.6 is 0 Å². The monoisotopic (exact) mass is 295 g/mol. The van der Waals surface area contributed by atoms with Crippen LogP contribution in [0.1, 0.15) is 58.8 Å². The molecule has 4 nitrogen and oxygen atoms in total. The van der Waals surface area contributed by atoms with Gasteiger partial charge in [-0.1, -0.05) is 13.3 Å². The smallest absolute Gasteiger partial charge is 0.191 e. The van der Waals surface area contributed by atoms with Crippen molar-refractivity contribution in [3.05, 3.63) is 0 Å². The largest absolute Gasteiger partial charge is 0.381 e. The number of nitrogens with zero attached hydrogens (tertiary/aromatic N) is 1. The third-order valence-corrected chi connectivity index (χ3v) is 4.89. The summed E-state index contributed by atoms with van der Waals surface area (Å²) in [4.78, 5) is 4.79. The van der Waals surface area contributed by atoms with Crippen molar-refractivity contribution in [3.8, 4) is 0 Å². The fraction of sp³-hybridized carbons (Fsp3) is 0.941. The summed E-state index contributed by atoms with van der Waals surface area (Å²) in [5.74, 6) is 1.84. The molecular weight excluding hydrogens is 262 g/mol. The Bertz CT molecular complexity index is 316. The maximum absolute atomic E-state index is 5.66. The van der Waals surface area contributed by atoms with Gasteiger partial charge in [-0.05, 0) is 56.8 Å². The fourth-order valence-electron chi connectivity index (χ4n) is 2.80. The number of rotatable bonds is 10. The molecule has 2 aliphatic carbocycles. The molecule has 0 aromatic rings. The van der Waals surface area contributed by atoms with Crippen LogP contribution in [0.25, 0.3) is 0 Å². The van der Waals surface area contributed by atoms with Crippen LogP contribution in [0.2, 0.25) is 0 Å². The first-order valence-corrected chi connectivity index (χ1v) is 8.88. The standard InChI is InChI=1S/C17H33N3O/c1-3-17(9-5-10-17)14-20-16(18-4-2)19-11-6-12-21-13-15-7-8-15/h15H,3-14H2,1-2H3,(H2,18,19,20). The Kier molecular flexibility index (Phi) is 6.81. The van der Waals surface area contributed by atoms with E-state index in [4.69, 9.17) is 9.73 Å². The van der Waals surface area contributed by atoms with Crippen LogP contribution in [-0.2, 0) is 4.74 Å². The molecule has 0 aromatic heterocycles. The van der Waals surface area contributed by atoms with Gasteiger partial charge in [0.15, 0.2) is 5.96 Å². The van der Waals surface area contributed by atoms with Crippen LogP contribution in [0.15, 0.2) is 4.99 Å². The summed E-state index contributed by atoms with van der Waals surface area (Å²) in [5, 5.41) is 6.77. The van der Waals surface area contributed by atoms with E-state index in [2.05, 4.69) is 24.5 Å². The van der Waals surface area contributed by atoms with E-state index in [1.807, 2.05) is 0 Å². The summed E-state index contributed by atoms with van der Waals surface area (Å²) in [6, 6.07) is 0. The maximum Gasteiger partial charge on any atom is 0.191 e. The van der Waals surface area contributed by atoms with E-state index in [1.54, 1.807) is 0 Å². The van der Waals surface area contributed by atoms with Gasteiger partial charge in [-0.25, -0.2) is 0 Å². The van der Waals surface area contributed by atoms with E-state index < -0.39 is 0 Å². The first-order valence-electron chi connectivity index (χ1n) is 8.88. The highest BCUT2D eigenvalue weighted by molar-refractivity contribution is 5.79. The lowest BCUT2D eigenvalue weighted by molar-refractivity contribution is 0.123. The molecule has 4 heteroatoms. The highest BCUT2D eigenvalue weighted by atomic mass is 16.5. The van der Waals surface area contributed by atoms with Gasteiger partial charge in [0.2, 0.25) is 0 Å². The number of guanidine groups is 1. The Labute approximate surface area is 130 Å². The van der Waals surface area contributed by atoms with Gasteiger partial charge in [-0.3, -0.25) is 4.99 Å². The van der Waals surface area contributed by atoms with Crippen molar-refractivity contribution in [1.82, 2.24) is 10.6 Å². The lowest BCUT2D eigenvalue weighted by atomic mass is 9.67. The van der Waals surface area contributed by atoms with E-state index in [0.717, 1.165) is 51.1 Å². The maximum atomic E-state index is 5.66. The molecule has 2 fully saturated rings. The molecule has 0 aromatic carbocycles.